The van der Waals surface area contributed by atoms with Gasteiger partial charge in [-0.05, 0) is 37.2 Å². The number of nitrogens with one attached hydrogen (secondary N) is 3. The third-order valence-electron chi connectivity index (χ3n) is 3.59. The van der Waals surface area contributed by atoms with Crippen molar-refractivity contribution in [2.45, 2.75) is 35.9 Å². The number of thiophene rings is 1. The first-order chi connectivity index (χ1) is 11.3. The zero-order chi connectivity index (χ0) is 17.7. The van der Waals surface area contributed by atoms with E-state index in [4.69, 9.17) is 23.8 Å². The minimum absolute atomic E-state index is 0.0918. The van der Waals surface area contributed by atoms with Crippen molar-refractivity contribution in [2.75, 3.05) is 13.6 Å². The van der Waals surface area contributed by atoms with Crippen LogP contribution in [0.15, 0.2) is 16.3 Å². The highest BCUT2D eigenvalue weighted by atomic mass is 35.5. The Bertz CT molecular complexity index is 701. The lowest BCUT2D eigenvalue weighted by atomic mass is 10.3. The lowest BCUT2D eigenvalue weighted by Crippen LogP contribution is -2.51. The second kappa shape index (κ2) is 8.43. The van der Waals surface area contributed by atoms with E-state index < -0.39 is 15.9 Å². The van der Waals surface area contributed by atoms with Crippen LogP contribution in [-0.4, -0.2) is 43.4 Å². The summed E-state index contributed by atoms with van der Waals surface area (Å²) in [6.07, 6.45) is 4.45. The van der Waals surface area contributed by atoms with Gasteiger partial charge in [0.1, 0.15) is 4.21 Å². The number of hydrogen-bond acceptors (Lipinski definition) is 5. The molecule has 0 radical (unpaired) electrons. The van der Waals surface area contributed by atoms with Crippen LogP contribution in [0.25, 0.3) is 0 Å². The van der Waals surface area contributed by atoms with E-state index in [-0.39, 0.29) is 10.8 Å². The number of halogens is 1. The van der Waals surface area contributed by atoms with E-state index >= 15 is 0 Å². The van der Waals surface area contributed by atoms with Gasteiger partial charge in [-0.3, -0.25) is 15.6 Å². The summed E-state index contributed by atoms with van der Waals surface area (Å²) in [5.41, 5.74) is 4.99. The van der Waals surface area contributed by atoms with Crippen molar-refractivity contribution in [3.63, 3.8) is 0 Å². The molecule has 7 nitrogen and oxygen atoms in total. The predicted molar refractivity (Wildman–Crippen MR) is 98.4 cm³/mol. The first kappa shape index (κ1) is 19.4. The summed E-state index contributed by atoms with van der Waals surface area (Å²) in [6, 6.07) is 3.24. The number of thiocarbonyl (C=S) groups is 1. The zero-order valence-corrected chi connectivity index (χ0v) is 16.2. The molecule has 1 aromatic rings. The molecule has 3 N–H and O–H groups in total. The molecule has 1 fully saturated rings. The van der Waals surface area contributed by atoms with Gasteiger partial charge in [0.2, 0.25) is 0 Å². The van der Waals surface area contributed by atoms with E-state index in [1.807, 2.05) is 0 Å². The summed E-state index contributed by atoms with van der Waals surface area (Å²) in [6.45, 7) is -0.336. The molecule has 1 saturated carbocycles. The minimum atomic E-state index is -3.74. The molecule has 1 amide bonds. The van der Waals surface area contributed by atoms with Crippen LogP contribution in [0.2, 0.25) is 4.34 Å². The van der Waals surface area contributed by atoms with Crippen molar-refractivity contribution in [1.29, 1.82) is 0 Å². The second-order valence-electron chi connectivity index (χ2n) is 5.45. The van der Waals surface area contributed by atoms with Crippen molar-refractivity contribution in [3.8, 4) is 0 Å². The Morgan fingerprint density at radius 3 is 2.62 bits per heavy atom. The Morgan fingerprint density at radius 1 is 1.38 bits per heavy atom. The number of amides is 1. The highest BCUT2D eigenvalue weighted by Crippen LogP contribution is 2.27. The average molecular weight is 411 g/mol. The molecule has 0 unspecified atom stereocenters. The SMILES string of the molecule is CN(CC(=O)NNC(=S)NC1CCCC1)S(=O)(=O)c1ccc(Cl)s1. The number of rotatable bonds is 5. The van der Waals surface area contributed by atoms with Crippen molar-refractivity contribution in [3.05, 3.63) is 16.5 Å². The van der Waals surface area contributed by atoms with E-state index in [9.17, 15) is 13.2 Å². The van der Waals surface area contributed by atoms with E-state index in [0.717, 1.165) is 28.5 Å². The first-order valence-electron chi connectivity index (χ1n) is 7.36. The number of hydrazine groups is 1. The van der Waals surface area contributed by atoms with Crippen LogP contribution in [0, 0.1) is 0 Å². The van der Waals surface area contributed by atoms with Crippen molar-refractivity contribution >= 4 is 56.2 Å². The monoisotopic (exact) mass is 410 g/mol. The van der Waals surface area contributed by atoms with E-state index in [1.54, 1.807) is 0 Å². The normalized spacial score (nSPS) is 15.5. The summed E-state index contributed by atoms with van der Waals surface area (Å²) in [5, 5.41) is 3.43. The number of sulfonamides is 1. The number of carbonyl (C=O) groups excluding carboxylic acids is 1. The van der Waals surface area contributed by atoms with Crippen LogP contribution >= 0.6 is 35.2 Å². The van der Waals surface area contributed by atoms with Gasteiger partial charge in [-0.15, -0.1) is 11.3 Å². The number of carbonyl (C=O) groups is 1. The van der Waals surface area contributed by atoms with Crippen molar-refractivity contribution < 1.29 is 13.2 Å². The van der Waals surface area contributed by atoms with Crippen LogP contribution in [0.5, 0.6) is 0 Å². The molecular formula is C13H19ClN4O3S3. The van der Waals surface area contributed by atoms with Gasteiger partial charge in [-0.1, -0.05) is 24.4 Å². The molecule has 1 heterocycles. The van der Waals surface area contributed by atoms with Crippen LogP contribution in [0.4, 0.5) is 0 Å². The van der Waals surface area contributed by atoms with E-state index in [2.05, 4.69) is 16.2 Å². The summed E-state index contributed by atoms with van der Waals surface area (Å²) < 4.78 is 26.0. The van der Waals surface area contributed by atoms with Crippen molar-refractivity contribution in [2.24, 2.45) is 0 Å². The third kappa shape index (κ3) is 5.28. The maximum absolute atomic E-state index is 12.3. The molecule has 1 aliphatic carbocycles. The highest BCUT2D eigenvalue weighted by Gasteiger charge is 2.24. The fraction of sp³-hybridized carbons (Fsp3) is 0.538. The fourth-order valence-corrected chi connectivity index (χ4v) is 5.37. The highest BCUT2D eigenvalue weighted by molar-refractivity contribution is 7.91. The molecule has 0 atom stereocenters. The van der Waals surface area contributed by atoms with Gasteiger partial charge in [0, 0.05) is 13.1 Å². The average Bonchev–Trinajstić information content (AvgIpc) is 3.17. The van der Waals surface area contributed by atoms with E-state index in [1.165, 1.54) is 32.0 Å². The first-order valence-corrected chi connectivity index (χ1v) is 10.4. The molecule has 0 aliphatic heterocycles. The van der Waals surface area contributed by atoms with Gasteiger partial charge < -0.3 is 5.32 Å². The van der Waals surface area contributed by atoms with Gasteiger partial charge >= 0.3 is 0 Å². The smallest absolute Gasteiger partial charge is 0.253 e. The van der Waals surface area contributed by atoms with Crippen LogP contribution < -0.4 is 16.2 Å². The number of nitrogens with zero attached hydrogens (tertiary/aromatic N) is 1. The Labute approximate surface area is 155 Å². The van der Waals surface area contributed by atoms with Gasteiger partial charge in [-0.2, -0.15) is 4.31 Å². The Balaban J connectivity index is 1.79. The largest absolute Gasteiger partial charge is 0.359 e. The minimum Gasteiger partial charge on any atom is -0.359 e. The van der Waals surface area contributed by atoms with E-state index in [0.29, 0.717) is 15.5 Å². The van der Waals surface area contributed by atoms with Crippen molar-refractivity contribution in [1.82, 2.24) is 20.5 Å². The summed E-state index contributed by atoms with van der Waals surface area (Å²) in [7, 11) is -2.41. The van der Waals surface area contributed by atoms with Gasteiger partial charge in [0.15, 0.2) is 5.11 Å². The molecule has 2 rings (SSSR count). The van der Waals surface area contributed by atoms with Crippen LogP contribution in [0.3, 0.4) is 0 Å². The molecule has 0 saturated heterocycles. The topological polar surface area (TPSA) is 90.5 Å². The number of hydrogen-bond donors (Lipinski definition) is 3. The molecule has 0 spiro atoms. The van der Waals surface area contributed by atoms with Gasteiger partial charge in [0.25, 0.3) is 15.9 Å². The maximum atomic E-state index is 12.3. The predicted octanol–water partition coefficient (Wildman–Crippen LogP) is 1.46. The molecule has 11 heteroatoms. The van der Waals surface area contributed by atoms with Gasteiger partial charge in [0.05, 0.1) is 10.9 Å². The summed E-state index contributed by atoms with van der Waals surface area (Å²) >= 11 is 11.8. The lowest BCUT2D eigenvalue weighted by molar-refractivity contribution is -0.121. The molecular weight excluding hydrogens is 392 g/mol. The molecule has 134 valence electrons. The molecule has 1 aliphatic rings. The zero-order valence-electron chi connectivity index (χ0n) is 13.0. The molecule has 1 aromatic heterocycles. The third-order valence-corrected chi connectivity index (χ3v) is 7.31. The molecule has 24 heavy (non-hydrogen) atoms. The Kier molecular flexibility index (Phi) is 6.81. The Morgan fingerprint density at radius 2 is 2.04 bits per heavy atom. The lowest BCUT2D eigenvalue weighted by Gasteiger charge is -2.18. The standard InChI is InChI=1S/C13H19ClN4O3S3/c1-18(24(20,21)12-7-6-10(14)23-12)8-11(19)16-17-13(22)15-9-4-2-3-5-9/h6-7,9H,2-5,8H2,1H3,(H,16,19)(H2,15,17,22). The van der Waals surface area contributed by atoms with Crippen LogP contribution in [-0.2, 0) is 14.8 Å². The Hall–Kier alpha value is -0.940. The molecule has 0 aromatic carbocycles. The van der Waals surface area contributed by atoms with Gasteiger partial charge in [-0.25, -0.2) is 8.42 Å². The second-order valence-corrected chi connectivity index (χ2v) is 9.84. The number of likely N-dealkylation sites (N-methyl/N-ethyl adjacent to an activating group) is 1. The summed E-state index contributed by atoms with van der Waals surface area (Å²) in [5.74, 6) is -0.515. The quantitative estimate of drug-likeness (QED) is 0.503. The van der Waals surface area contributed by atoms with Crippen LogP contribution in [0.1, 0.15) is 25.7 Å². The molecule has 0 bridgehead atoms. The summed E-state index contributed by atoms with van der Waals surface area (Å²) in [4.78, 5) is 11.9. The maximum Gasteiger partial charge on any atom is 0.253 e. The fourth-order valence-electron chi connectivity index (χ4n) is 2.33.